The topological polar surface area (TPSA) is 30.7 Å². The molecule has 2 aromatic rings. The second-order valence-electron chi connectivity index (χ2n) is 2.92. The third-order valence-electron chi connectivity index (χ3n) is 1.77. The zero-order chi connectivity index (χ0) is 9.10. The first-order chi connectivity index (χ1) is 6.34. The zero-order valence-electron chi connectivity index (χ0n) is 7.44. The van der Waals surface area contributed by atoms with Crippen molar-refractivity contribution < 1.29 is 0 Å². The van der Waals surface area contributed by atoms with Gasteiger partial charge in [0.25, 0.3) is 0 Å². The van der Waals surface area contributed by atoms with Crippen molar-refractivity contribution in [2.45, 2.75) is 13.5 Å². The summed E-state index contributed by atoms with van der Waals surface area (Å²) in [6, 6.07) is 6.98. The maximum absolute atomic E-state index is 4.24. The Kier molecular flexibility index (Phi) is 2.08. The van der Waals surface area contributed by atoms with E-state index in [1.165, 1.54) is 0 Å². The maximum Gasteiger partial charge on any atom is 0.0674 e. The van der Waals surface area contributed by atoms with E-state index in [9.17, 15) is 0 Å². The minimum absolute atomic E-state index is 0.762. The monoisotopic (exact) mass is 172 g/mol. The first-order valence-electron chi connectivity index (χ1n) is 4.15. The number of nitrogens with zero attached hydrogens (tertiary/aromatic N) is 3. The van der Waals surface area contributed by atoms with Crippen LogP contribution < -0.4 is 0 Å². The molecule has 3 heteroatoms. The van der Waals surface area contributed by atoms with Gasteiger partial charge in [0.1, 0.15) is 0 Å². The molecular formula is C10H10N3. The Morgan fingerprint density at radius 2 is 2.46 bits per heavy atom. The highest BCUT2D eigenvalue weighted by atomic mass is 15.3. The SMILES string of the molecule is Cc1[c]cn(Cc2cccnc2)n1. The Hall–Kier alpha value is -1.64. The lowest BCUT2D eigenvalue weighted by Crippen LogP contribution is -2.00. The molecule has 13 heavy (non-hydrogen) atoms. The molecule has 1 radical (unpaired) electrons. The minimum atomic E-state index is 0.762. The van der Waals surface area contributed by atoms with Gasteiger partial charge in [-0.25, -0.2) is 0 Å². The quantitative estimate of drug-likeness (QED) is 0.686. The van der Waals surface area contributed by atoms with Gasteiger partial charge < -0.3 is 0 Å². The summed E-state index contributed by atoms with van der Waals surface area (Å²) >= 11 is 0. The summed E-state index contributed by atoms with van der Waals surface area (Å²) in [5, 5.41) is 4.24. The summed E-state index contributed by atoms with van der Waals surface area (Å²) in [7, 11) is 0. The summed E-state index contributed by atoms with van der Waals surface area (Å²) < 4.78 is 1.85. The number of rotatable bonds is 2. The lowest BCUT2D eigenvalue weighted by Gasteiger charge is -1.99. The average molecular weight is 172 g/mol. The second-order valence-corrected chi connectivity index (χ2v) is 2.92. The smallest absolute Gasteiger partial charge is 0.0674 e. The van der Waals surface area contributed by atoms with Crippen molar-refractivity contribution in [2.75, 3.05) is 0 Å². The van der Waals surface area contributed by atoms with Crippen LogP contribution in [0.25, 0.3) is 0 Å². The van der Waals surface area contributed by atoms with Crippen molar-refractivity contribution in [3.05, 3.63) is 48.0 Å². The van der Waals surface area contributed by atoms with E-state index in [1.54, 1.807) is 6.20 Å². The molecule has 0 N–H and O–H groups in total. The summed E-state index contributed by atoms with van der Waals surface area (Å²) in [6.45, 7) is 2.69. The molecule has 0 spiro atoms. The highest BCUT2D eigenvalue weighted by Gasteiger charge is 1.95. The lowest BCUT2D eigenvalue weighted by molar-refractivity contribution is 0.677. The number of aromatic nitrogens is 3. The van der Waals surface area contributed by atoms with E-state index in [0.29, 0.717) is 0 Å². The van der Waals surface area contributed by atoms with Crippen molar-refractivity contribution in [3.8, 4) is 0 Å². The molecule has 0 aromatic carbocycles. The Bertz CT molecular complexity index is 378. The first-order valence-corrected chi connectivity index (χ1v) is 4.15. The van der Waals surface area contributed by atoms with Gasteiger partial charge in [-0.05, 0) is 18.6 Å². The van der Waals surface area contributed by atoms with Crippen LogP contribution >= 0.6 is 0 Å². The summed E-state index contributed by atoms with van der Waals surface area (Å²) in [5.74, 6) is 0. The van der Waals surface area contributed by atoms with E-state index in [4.69, 9.17) is 0 Å². The summed E-state index contributed by atoms with van der Waals surface area (Å²) in [5.41, 5.74) is 2.07. The van der Waals surface area contributed by atoms with Crippen LogP contribution in [-0.2, 0) is 6.54 Å². The fraction of sp³-hybridized carbons (Fsp3) is 0.200. The molecule has 0 aliphatic carbocycles. The van der Waals surface area contributed by atoms with Crippen LogP contribution in [0.3, 0.4) is 0 Å². The van der Waals surface area contributed by atoms with E-state index < -0.39 is 0 Å². The van der Waals surface area contributed by atoms with Crippen molar-refractivity contribution in [1.29, 1.82) is 0 Å². The van der Waals surface area contributed by atoms with Crippen LogP contribution in [0.1, 0.15) is 11.3 Å². The summed E-state index contributed by atoms with van der Waals surface area (Å²) in [4.78, 5) is 4.04. The molecule has 0 bridgehead atoms. The largest absolute Gasteiger partial charge is 0.267 e. The highest BCUT2D eigenvalue weighted by Crippen LogP contribution is 1.99. The Balaban J connectivity index is 2.15. The van der Waals surface area contributed by atoms with Crippen LogP contribution in [0.4, 0.5) is 0 Å². The van der Waals surface area contributed by atoms with Gasteiger partial charge in [0.15, 0.2) is 0 Å². The molecule has 0 aliphatic rings. The molecule has 0 aliphatic heterocycles. The number of hydrogen-bond acceptors (Lipinski definition) is 2. The van der Waals surface area contributed by atoms with Crippen LogP contribution in [0.5, 0.6) is 0 Å². The van der Waals surface area contributed by atoms with E-state index in [1.807, 2.05) is 36.1 Å². The standard InChI is InChI=1S/C10H10N3/c1-9-4-6-13(12-9)8-10-3-2-5-11-7-10/h2-3,5-7H,8H2,1H3. The van der Waals surface area contributed by atoms with Gasteiger partial charge in [-0.1, -0.05) is 6.07 Å². The molecule has 2 heterocycles. The number of hydrogen-bond donors (Lipinski definition) is 0. The molecule has 0 saturated carbocycles. The Labute approximate surface area is 77.0 Å². The van der Waals surface area contributed by atoms with Crippen molar-refractivity contribution >= 4 is 0 Å². The van der Waals surface area contributed by atoms with Gasteiger partial charge in [-0.3, -0.25) is 9.67 Å². The molecule has 65 valence electrons. The third-order valence-corrected chi connectivity index (χ3v) is 1.77. The van der Waals surface area contributed by atoms with Gasteiger partial charge >= 0.3 is 0 Å². The zero-order valence-corrected chi connectivity index (χ0v) is 7.44. The first kappa shape index (κ1) is 7.98. The van der Waals surface area contributed by atoms with Gasteiger partial charge in [0, 0.05) is 24.7 Å². The fourth-order valence-corrected chi connectivity index (χ4v) is 1.18. The molecular weight excluding hydrogens is 162 g/mol. The van der Waals surface area contributed by atoms with Gasteiger partial charge in [-0.15, -0.1) is 0 Å². The molecule has 0 unspecified atom stereocenters. The third kappa shape index (κ3) is 1.93. The molecule has 0 fully saturated rings. The van der Waals surface area contributed by atoms with Gasteiger partial charge in [-0.2, -0.15) is 5.10 Å². The van der Waals surface area contributed by atoms with Crippen LogP contribution in [0, 0.1) is 13.0 Å². The van der Waals surface area contributed by atoms with Gasteiger partial charge in [0.05, 0.1) is 12.2 Å². The minimum Gasteiger partial charge on any atom is -0.267 e. The Morgan fingerprint density at radius 1 is 1.54 bits per heavy atom. The van der Waals surface area contributed by atoms with E-state index in [-0.39, 0.29) is 0 Å². The van der Waals surface area contributed by atoms with E-state index in [2.05, 4.69) is 16.1 Å². The lowest BCUT2D eigenvalue weighted by atomic mass is 10.3. The fourth-order valence-electron chi connectivity index (χ4n) is 1.18. The molecule has 0 saturated heterocycles. The predicted octanol–water partition coefficient (Wildman–Crippen LogP) is 1.44. The van der Waals surface area contributed by atoms with E-state index >= 15 is 0 Å². The number of pyridine rings is 1. The molecule has 3 nitrogen and oxygen atoms in total. The van der Waals surface area contributed by atoms with Crippen molar-refractivity contribution in [2.24, 2.45) is 0 Å². The van der Waals surface area contributed by atoms with Crippen LogP contribution in [-0.4, -0.2) is 14.8 Å². The molecule has 2 rings (SSSR count). The highest BCUT2D eigenvalue weighted by molar-refractivity contribution is 5.09. The average Bonchev–Trinajstić information content (AvgIpc) is 2.53. The van der Waals surface area contributed by atoms with Crippen LogP contribution in [0.15, 0.2) is 30.7 Å². The van der Waals surface area contributed by atoms with Crippen LogP contribution in [0.2, 0.25) is 0 Å². The second kappa shape index (κ2) is 3.39. The Morgan fingerprint density at radius 3 is 3.08 bits per heavy atom. The van der Waals surface area contributed by atoms with E-state index in [0.717, 1.165) is 17.8 Å². The molecule has 0 atom stereocenters. The molecule has 2 aromatic heterocycles. The normalized spacial score (nSPS) is 10.2. The predicted molar refractivity (Wildman–Crippen MR) is 49.1 cm³/mol. The van der Waals surface area contributed by atoms with Crippen molar-refractivity contribution in [3.63, 3.8) is 0 Å². The number of aryl methyl sites for hydroxylation is 1. The van der Waals surface area contributed by atoms with Crippen molar-refractivity contribution in [1.82, 2.24) is 14.8 Å². The maximum atomic E-state index is 4.24. The van der Waals surface area contributed by atoms with Gasteiger partial charge in [0.2, 0.25) is 0 Å². The summed E-state index contributed by atoms with van der Waals surface area (Å²) in [6.07, 6.45) is 5.46. The molecule has 0 amide bonds.